The minimum atomic E-state index is -3.90. The van der Waals surface area contributed by atoms with Crippen LogP contribution in [0.2, 0.25) is 0 Å². The number of rotatable bonds is 6. The van der Waals surface area contributed by atoms with Crippen molar-refractivity contribution in [3.05, 3.63) is 53.6 Å². The van der Waals surface area contributed by atoms with E-state index in [9.17, 15) is 12.8 Å². The summed E-state index contributed by atoms with van der Waals surface area (Å²) in [6.45, 7) is 3.74. The van der Waals surface area contributed by atoms with Crippen LogP contribution in [0.1, 0.15) is 31.4 Å². The van der Waals surface area contributed by atoms with Gasteiger partial charge in [0.2, 0.25) is 5.88 Å². The molecule has 164 valence electrons. The second-order valence-corrected chi connectivity index (χ2v) is 9.77. The number of fused-ring (bicyclic) bond motifs is 1. The lowest BCUT2D eigenvalue weighted by atomic mass is 9.98. The zero-order valence-corrected chi connectivity index (χ0v) is 18.1. The molecule has 0 saturated carbocycles. The molecule has 2 aromatic heterocycles. The Kier molecular flexibility index (Phi) is 5.22. The second-order valence-electron chi connectivity index (χ2n) is 8.27. The molecule has 8 nitrogen and oxygen atoms in total. The van der Waals surface area contributed by atoms with Gasteiger partial charge in [-0.25, -0.2) is 22.9 Å². The molecule has 4 rings (SSSR count). The molecule has 4 N–H and O–H groups in total. The third kappa shape index (κ3) is 4.13. The van der Waals surface area contributed by atoms with Gasteiger partial charge in [-0.3, -0.25) is 4.68 Å². The van der Waals surface area contributed by atoms with E-state index in [1.807, 2.05) is 26.0 Å². The van der Waals surface area contributed by atoms with E-state index in [0.717, 1.165) is 31.0 Å². The van der Waals surface area contributed by atoms with Crippen molar-refractivity contribution >= 4 is 15.7 Å². The van der Waals surface area contributed by atoms with Crippen molar-refractivity contribution in [1.82, 2.24) is 14.8 Å². The molecule has 0 radical (unpaired) electrons. The summed E-state index contributed by atoms with van der Waals surface area (Å²) in [5.41, 5.74) is 9.47. The van der Waals surface area contributed by atoms with E-state index in [4.69, 9.17) is 15.6 Å². The van der Waals surface area contributed by atoms with Crippen molar-refractivity contribution in [2.45, 2.75) is 43.7 Å². The standard InChI is InChI=1S/C21H24FN5O3S/c1-21(2,27-9-8-19(26-27)31(24,28)29)12-30-18-10-16(17(22)11-25-18)15-7-6-13-4-3-5-14(13)20(15)23/h6-11H,3-5,12,23H2,1-2H3,(H2,24,28,29). The van der Waals surface area contributed by atoms with Crippen LogP contribution >= 0.6 is 0 Å². The molecule has 31 heavy (non-hydrogen) atoms. The highest BCUT2D eigenvalue weighted by molar-refractivity contribution is 7.89. The van der Waals surface area contributed by atoms with E-state index in [2.05, 4.69) is 10.1 Å². The fourth-order valence-electron chi connectivity index (χ4n) is 3.75. The van der Waals surface area contributed by atoms with Gasteiger partial charge in [0.15, 0.2) is 5.03 Å². The quantitative estimate of drug-likeness (QED) is 0.562. The number of nitrogens with zero attached hydrogens (tertiary/aromatic N) is 3. The van der Waals surface area contributed by atoms with Gasteiger partial charge in [-0.15, -0.1) is 0 Å². The monoisotopic (exact) mass is 445 g/mol. The summed E-state index contributed by atoms with van der Waals surface area (Å²) in [7, 11) is -3.90. The summed E-state index contributed by atoms with van der Waals surface area (Å²) in [5, 5.41) is 8.91. The lowest BCUT2D eigenvalue weighted by Gasteiger charge is -2.25. The molecule has 0 bridgehead atoms. The van der Waals surface area contributed by atoms with Crippen molar-refractivity contribution in [3.63, 3.8) is 0 Å². The molecule has 0 atom stereocenters. The first-order valence-electron chi connectivity index (χ1n) is 9.84. The summed E-state index contributed by atoms with van der Waals surface area (Å²) in [5.74, 6) is -0.260. The van der Waals surface area contributed by atoms with Crippen LogP contribution in [0.5, 0.6) is 5.88 Å². The molecule has 0 unspecified atom stereocenters. The van der Waals surface area contributed by atoms with E-state index in [1.54, 1.807) is 0 Å². The largest absolute Gasteiger partial charge is 0.475 e. The van der Waals surface area contributed by atoms with Gasteiger partial charge < -0.3 is 10.5 Å². The number of halogens is 1. The summed E-state index contributed by atoms with van der Waals surface area (Å²) in [4.78, 5) is 4.02. The SMILES string of the molecule is CC(C)(COc1cc(-c2ccc3c(c2N)CCC3)c(F)cn1)n1ccc(S(N)(=O)=O)n1. The fraction of sp³-hybridized carbons (Fsp3) is 0.333. The predicted octanol–water partition coefficient (Wildman–Crippen LogP) is 2.62. The number of ether oxygens (including phenoxy) is 1. The molecular formula is C21H24FN5O3S. The maximum atomic E-state index is 14.6. The number of hydrogen-bond acceptors (Lipinski definition) is 6. The van der Waals surface area contributed by atoms with Gasteiger partial charge in [-0.1, -0.05) is 12.1 Å². The summed E-state index contributed by atoms with van der Waals surface area (Å²) < 4.78 is 44.8. The highest BCUT2D eigenvalue weighted by Gasteiger charge is 2.25. The third-order valence-corrected chi connectivity index (χ3v) is 6.30. The summed E-state index contributed by atoms with van der Waals surface area (Å²) in [6, 6.07) is 6.68. The lowest BCUT2D eigenvalue weighted by Crippen LogP contribution is -2.34. The molecule has 0 fully saturated rings. The minimum Gasteiger partial charge on any atom is -0.475 e. The molecular weight excluding hydrogens is 421 g/mol. The van der Waals surface area contributed by atoms with Gasteiger partial charge in [0.05, 0.1) is 11.7 Å². The van der Waals surface area contributed by atoms with Crippen LogP contribution in [0, 0.1) is 5.82 Å². The van der Waals surface area contributed by atoms with E-state index in [0.29, 0.717) is 16.8 Å². The van der Waals surface area contributed by atoms with Crippen LogP contribution in [0.4, 0.5) is 10.1 Å². The number of hydrogen-bond donors (Lipinski definition) is 2. The predicted molar refractivity (Wildman–Crippen MR) is 114 cm³/mol. The number of nitrogens with two attached hydrogens (primary N) is 2. The highest BCUT2D eigenvalue weighted by Crippen LogP contribution is 2.37. The Morgan fingerprint density at radius 2 is 2.00 bits per heavy atom. The van der Waals surface area contributed by atoms with E-state index in [1.165, 1.54) is 28.6 Å². The van der Waals surface area contributed by atoms with Gasteiger partial charge in [0.1, 0.15) is 12.4 Å². The minimum absolute atomic E-state index is 0.108. The van der Waals surface area contributed by atoms with Gasteiger partial charge in [0, 0.05) is 29.1 Å². The van der Waals surface area contributed by atoms with Gasteiger partial charge in [-0.2, -0.15) is 5.10 Å². The number of pyridine rings is 1. The maximum absolute atomic E-state index is 14.6. The molecule has 2 heterocycles. The first kappa shape index (κ1) is 21.3. The Balaban J connectivity index is 1.57. The molecule has 0 saturated heterocycles. The van der Waals surface area contributed by atoms with Crippen LogP contribution in [-0.2, 0) is 28.4 Å². The van der Waals surface area contributed by atoms with E-state index >= 15 is 0 Å². The zero-order chi connectivity index (χ0) is 22.4. The molecule has 1 aliphatic carbocycles. The van der Waals surface area contributed by atoms with Crippen LogP contribution in [0.3, 0.4) is 0 Å². The third-order valence-electron chi connectivity index (χ3n) is 5.50. The number of benzene rings is 1. The number of anilines is 1. The molecule has 1 aromatic carbocycles. The van der Waals surface area contributed by atoms with Gasteiger partial charge in [-0.05, 0) is 50.3 Å². The number of aryl methyl sites for hydroxylation is 1. The van der Waals surface area contributed by atoms with Gasteiger partial charge in [0.25, 0.3) is 10.0 Å². The molecule has 10 heteroatoms. The average molecular weight is 446 g/mol. The highest BCUT2D eigenvalue weighted by atomic mass is 32.2. The Bertz CT molecular complexity index is 1250. The van der Waals surface area contributed by atoms with Crippen molar-refractivity contribution in [1.29, 1.82) is 0 Å². The van der Waals surface area contributed by atoms with Crippen LogP contribution in [-0.4, -0.2) is 29.8 Å². The molecule has 0 aliphatic heterocycles. The number of nitrogen functional groups attached to an aromatic ring is 1. The number of sulfonamides is 1. The van der Waals surface area contributed by atoms with Crippen LogP contribution in [0.15, 0.2) is 41.7 Å². The summed E-state index contributed by atoms with van der Waals surface area (Å²) in [6.07, 6.45) is 5.55. The van der Waals surface area contributed by atoms with Crippen molar-refractivity contribution < 1.29 is 17.5 Å². The average Bonchev–Trinajstić information content (AvgIpc) is 3.38. The Morgan fingerprint density at radius 1 is 1.23 bits per heavy atom. The first-order chi connectivity index (χ1) is 14.6. The zero-order valence-electron chi connectivity index (χ0n) is 17.3. The Hall–Kier alpha value is -2.98. The van der Waals surface area contributed by atoms with Crippen LogP contribution < -0.4 is 15.6 Å². The normalized spacial score (nSPS) is 13.9. The first-order valence-corrected chi connectivity index (χ1v) is 11.4. The smallest absolute Gasteiger partial charge is 0.257 e. The van der Waals surface area contributed by atoms with E-state index < -0.39 is 21.4 Å². The topological polar surface area (TPSA) is 126 Å². The lowest BCUT2D eigenvalue weighted by molar-refractivity contribution is 0.164. The Morgan fingerprint density at radius 3 is 2.71 bits per heavy atom. The number of primary sulfonamides is 1. The van der Waals surface area contributed by atoms with E-state index in [-0.39, 0.29) is 17.5 Å². The molecule has 0 spiro atoms. The fourth-order valence-corrected chi connectivity index (χ4v) is 4.20. The second kappa shape index (κ2) is 7.61. The maximum Gasteiger partial charge on any atom is 0.257 e. The molecule has 0 amide bonds. The van der Waals surface area contributed by atoms with Crippen molar-refractivity contribution in [2.24, 2.45) is 5.14 Å². The summed E-state index contributed by atoms with van der Waals surface area (Å²) >= 11 is 0. The number of aromatic nitrogens is 3. The Labute approximate surface area is 180 Å². The molecule has 1 aliphatic rings. The van der Waals surface area contributed by atoms with Crippen LogP contribution in [0.25, 0.3) is 11.1 Å². The van der Waals surface area contributed by atoms with Gasteiger partial charge >= 0.3 is 0 Å². The van der Waals surface area contributed by atoms with Crippen molar-refractivity contribution in [3.8, 4) is 17.0 Å². The molecule has 3 aromatic rings. The van der Waals surface area contributed by atoms with Crippen molar-refractivity contribution in [2.75, 3.05) is 12.3 Å².